The molecule has 0 N–H and O–H groups in total. The lowest BCUT2D eigenvalue weighted by Crippen LogP contribution is -2.49. The predicted octanol–water partition coefficient (Wildman–Crippen LogP) is 5.17. The van der Waals surface area contributed by atoms with Gasteiger partial charge in [-0.15, -0.1) is 0 Å². The maximum Gasteiger partial charge on any atom is 0.261 e. The summed E-state index contributed by atoms with van der Waals surface area (Å²) in [6, 6.07) is 9.38. The lowest BCUT2D eigenvalue weighted by molar-refractivity contribution is 0.0474. The summed E-state index contributed by atoms with van der Waals surface area (Å²) in [5, 5.41) is 1.71. The largest absolute Gasteiger partial charge is 0.271 e. The molecule has 2 aromatic rings. The van der Waals surface area contributed by atoms with Crippen LogP contribution in [0.15, 0.2) is 34.8 Å². The van der Waals surface area contributed by atoms with E-state index in [9.17, 15) is 9.59 Å². The minimum atomic E-state index is -0.144. The summed E-state index contributed by atoms with van der Waals surface area (Å²) in [6.45, 7) is 2.04. The van der Waals surface area contributed by atoms with E-state index in [1.54, 1.807) is 0 Å². The molecule has 4 rings (SSSR count). The van der Waals surface area contributed by atoms with Crippen LogP contribution in [0.4, 0.5) is 0 Å². The molecule has 1 aliphatic carbocycles. The number of amides is 2. The van der Waals surface area contributed by atoms with Crippen LogP contribution in [-0.2, 0) is 0 Å². The van der Waals surface area contributed by atoms with Gasteiger partial charge >= 0.3 is 0 Å². The van der Waals surface area contributed by atoms with E-state index >= 15 is 0 Å². The standard InChI is InChI=1S/C20H20BrNO2/c1-12(13-6-3-2-4-7-13)22-19(23)15-9-5-8-14-17(21)11-10-16(18(14)15)20(22)24/h5,8-13H,2-4,6-7H2,1H3/t12-/m1/s1. The van der Waals surface area contributed by atoms with E-state index in [2.05, 4.69) is 15.9 Å². The molecule has 0 radical (unpaired) electrons. The van der Waals surface area contributed by atoms with E-state index < -0.39 is 0 Å². The van der Waals surface area contributed by atoms with Crippen LogP contribution in [0.3, 0.4) is 0 Å². The zero-order valence-corrected chi connectivity index (χ0v) is 15.3. The summed E-state index contributed by atoms with van der Waals surface area (Å²) < 4.78 is 0.914. The third-order valence-electron chi connectivity index (χ3n) is 5.63. The Hall–Kier alpha value is -1.68. The molecule has 2 aromatic carbocycles. The zero-order chi connectivity index (χ0) is 16.8. The Morgan fingerprint density at radius 2 is 1.67 bits per heavy atom. The first-order chi connectivity index (χ1) is 11.6. The number of benzene rings is 2. The van der Waals surface area contributed by atoms with Crippen molar-refractivity contribution in [2.75, 3.05) is 0 Å². The topological polar surface area (TPSA) is 37.4 Å². The Morgan fingerprint density at radius 3 is 2.38 bits per heavy atom. The van der Waals surface area contributed by atoms with E-state index in [1.807, 2.05) is 37.3 Å². The monoisotopic (exact) mass is 385 g/mol. The minimum Gasteiger partial charge on any atom is -0.271 e. The van der Waals surface area contributed by atoms with Gasteiger partial charge in [0.15, 0.2) is 0 Å². The number of hydrogen-bond donors (Lipinski definition) is 0. The van der Waals surface area contributed by atoms with Gasteiger partial charge in [-0.2, -0.15) is 0 Å². The quantitative estimate of drug-likeness (QED) is 0.668. The molecule has 1 saturated carbocycles. The van der Waals surface area contributed by atoms with Crippen molar-refractivity contribution in [1.82, 2.24) is 4.90 Å². The summed E-state index contributed by atoms with van der Waals surface area (Å²) in [6.07, 6.45) is 5.88. The van der Waals surface area contributed by atoms with Gasteiger partial charge in [-0.3, -0.25) is 14.5 Å². The molecule has 0 bridgehead atoms. The number of carbonyl (C=O) groups excluding carboxylic acids is 2. The lowest BCUT2D eigenvalue weighted by Gasteiger charge is -2.37. The molecule has 1 atom stereocenters. The van der Waals surface area contributed by atoms with Crippen molar-refractivity contribution >= 4 is 38.5 Å². The van der Waals surface area contributed by atoms with E-state index in [1.165, 1.54) is 24.2 Å². The summed E-state index contributed by atoms with van der Waals surface area (Å²) in [4.78, 5) is 27.7. The highest BCUT2D eigenvalue weighted by atomic mass is 79.9. The Labute approximate surface area is 150 Å². The van der Waals surface area contributed by atoms with Crippen LogP contribution in [0.2, 0.25) is 0 Å². The van der Waals surface area contributed by atoms with Crippen molar-refractivity contribution in [2.45, 2.75) is 45.1 Å². The molecule has 1 aliphatic heterocycles. The van der Waals surface area contributed by atoms with Gasteiger partial charge in [0.1, 0.15) is 0 Å². The smallest absolute Gasteiger partial charge is 0.261 e. The molecular formula is C20H20BrNO2. The fourth-order valence-electron chi connectivity index (χ4n) is 4.28. The molecule has 124 valence electrons. The van der Waals surface area contributed by atoms with Gasteiger partial charge in [-0.05, 0) is 49.3 Å². The number of hydrogen-bond acceptors (Lipinski definition) is 2. The fourth-order valence-corrected chi connectivity index (χ4v) is 4.74. The summed E-state index contributed by atoms with van der Waals surface area (Å²) in [5.41, 5.74) is 1.29. The second-order valence-corrected chi connectivity index (χ2v) is 7.80. The molecule has 24 heavy (non-hydrogen) atoms. The normalized spacial score (nSPS) is 19.8. The highest BCUT2D eigenvalue weighted by molar-refractivity contribution is 9.10. The lowest BCUT2D eigenvalue weighted by atomic mass is 9.82. The number of halogens is 1. The van der Waals surface area contributed by atoms with Crippen LogP contribution < -0.4 is 0 Å². The molecule has 4 heteroatoms. The van der Waals surface area contributed by atoms with Crippen molar-refractivity contribution in [2.24, 2.45) is 5.92 Å². The molecule has 0 saturated heterocycles. The number of nitrogens with zero attached hydrogens (tertiary/aromatic N) is 1. The van der Waals surface area contributed by atoms with Gasteiger partial charge in [-0.1, -0.05) is 47.3 Å². The van der Waals surface area contributed by atoms with Crippen molar-refractivity contribution in [3.8, 4) is 0 Å². The summed E-state index contributed by atoms with van der Waals surface area (Å²) in [5.74, 6) is 0.131. The summed E-state index contributed by atoms with van der Waals surface area (Å²) in [7, 11) is 0. The van der Waals surface area contributed by atoms with Crippen LogP contribution in [0, 0.1) is 5.92 Å². The Bertz CT molecular complexity index is 817. The van der Waals surface area contributed by atoms with Crippen molar-refractivity contribution in [3.63, 3.8) is 0 Å². The highest BCUT2D eigenvalue weighted by Gasteiger charge is 2.38. The summed E-state index contributed by atoms with van der Waals surface area (Å²) >= 11 is 3.53. The molecule has 0 aromatic heterocycles. The molecular weight excluding hydrogens is 366 g/mol. The first-order valence-electron chi connectivity index (χ1n) is 8.68. The van der Waals surface area contributed by atoms with Crippen LogP contribution in [-0.4, -0.2) is 22.8 Å². The first kappa shape index (κ1) is 15.8. The van der Waals surface area contributed by atoms with E-state index in [-0.39, 0.29) is 17.9 Å². The first-order valence-corrected chi connectivity index (χ1v) is 9.48. The second-order valence-electron chi connectivity index (χ2n) is 6.94. The predicted molar refractivity (Wildman–Crippen MR) is 98.2 cm³/mol. The third kappa shape index (κ3) is 2.31. The van der Waals surface area contributed by atoms with E-state index in [4.69, 9.17) is 0 Å². The van der Waals surface area contributed by atoms with Crippen LogP contribution in [0.5, 0.6) is 0 Å². The molecule has 2 aliphatic rings. The van der Waals surface area contributed by atoms with Gasteiger partial charge in [-0.25, -0.2) is 0 Å². The molecule has 0 spiro atoms. The maximum absolute atomic E-state index is 13.1. The molecule has 1 heterocycles. The van der Waals surface area contributed by atoms with Gasteiger partial charge in [0.2, 0.25) is 0 Å². The van der Waals surface area contributed by atoms with Crippen molar-refractivity contribution in [1.29, 1.82) is 0 Å². The van der Waals surface area contributed by atoms with E-state index in [0.717, 1.165) is 28.1 Å². The van der Waals surface area contributed by atoms with Crippen LogP contribution >= 0.6 is 15.9 Å². The SMILES string of the molecule is C[C@H](C1CCCCC1)N1C(=O)c2cccc3c(Br)ccc(c23)C1=O. The average Bonchev–Trinajstić information content (AvgIpc) is 2.61. The third-order valence-corrected chi connectivity index (χ3v) is 6.32. The molecule has 1 fully saturated rings. The molecule has 3 nitrogen and oxygen atoms in total. The van der Waals surface area contributed by atoms with Gasteiger partial charge in [0, 0.05) is 27.0 Å². The van der Waals surface area contributed by atoms with Gasteiger partial charge < -0.3 is 0 Å². The molecule has 2 amide bonds. The van der Waals surface area contributed by atoms with Gasteiger partial charge in [0.05, 0.1) is 0 Å². The fraction of sp³-hybridized carbons (Fsp3) is 0.400. The van der Waals surface area contributed by atoms with Gasteiger partial charge in [0.25, 0.3) is 11.8 Å². The average molecular weight is 386 g/mol. The van der Waals surface area contributed by atoms with Crippen molar-refractivity contribution in [3.05, 3.63) is 45.9 Å². The maximum atomic E-state index is 13.1. The second kappa shape index (κ2) is 5.99. The number of carbonyl (C=O) groups is 2. The Kier molecular flexibility index (Phi) is 3.95. The Morgan fingerprint density at radius 1 is 1.00 bits per heavy atom. The highest BCUT2D eigenvalue weighted by Crippen LogP contribution is 2.37. The van der Waals surface area contributed by atoms with Crippen molar-refractivity contribution < 1.29 is 9.59 Å². The van der Waals surface area contributed by atoms with E-state index in [0.29, 0.717) is 17.0 Å². The number of rotatable bonds is 2. The molecule has 0 unspecified atom stereocenters. The van der Waals surface area contributed by atoms with Crippen LogP contribution in [0.1, 0.15) is 59.7 Å². The Balaban J connectivity index is 1.82. The number of imide groups is 1. The van der Waals surface area contributed by atoms with Crippen LogP contribution in [0.25, 0.3) is 10.8 Å². The zero-order valence-electron chi connectivity index (χ0n) is 13.7. The minimum absolute atomic E-state index is 0.0441.